The van der Waals surface area contributed by atoms with Crippen LogP contribution in [0.5, 0.6) is 5.75 Å². The van der Waals surface area contributed by atoms with Gasteiger partial charge in [0, 0.05) is 36.8 Å². The molecule has 2 aliphatic rings. The summed E-state index contributed by atoms with van der Waals surface area (Å²) < 4.78 is 66.5. The first-order valence-electron chi connectivity index (χ1n) is 21.9. The first kappa shape index (κ1) is 51.3. The molecule has 7 rings (SSSR count). The van der Waals surface area contributed by atoms with Crippen LogP contribution in [0.25, 0.3) is 17.1 Å². The largest absolute Gasteiger partial charge is 0.483 e. The lowest BCUT2D eigenvalue weighted by Gasteiger charge is -2.27. The van der Waals surface area contributed by atoms with Crippen molar-refractivity contribution in [3.8, 4) is 22.9 Å². The van der Waals surface area contributed by atoms with Crippen molar-refractivity contribution in [2.24, 2.45) is 5.73 Å². The molecule has 24 nitrogen and oxygen atoms in total. The maximum absolute atomic E-state index is 13.2. The van der Waals surface area contributed by atoms with Gasteiger partial charge < -0.3 is 50.4 Å². The zero-order valence-electron chi connectivity index (χ0n) is 37.7. The van der Waals surface area contributed by atoms with Gasteiger partial charge in [-0.1, -0.05) is 6.07 Å². The Bertz CT molecular complexity index is 2850. The number of carbonyl (C=O) groups is 8. The number of nitrogens with two attached hydrogens (primary N) is 1. The number of alkyl halides is 3. The van der Waals surface area contributed by atoms with Gasteiger partial charge in [-0.2, -0.15) is 18.3 Å². The molecule has 1 unspecified atom stereocenters. The summed E-state index contributed by atoms with van der Waals surface area (Å²) in [6.45, 7) is -0.132. The normalized spacial score (nSPS) is 14.4. The molecule has 3 aromatic heterocycles. The van der Waals surface area contributed by atoms with E-state index in [2.05, 4.69) is 41.7 Å². The van der Waals surface area contributed by atoms with Gasteiger partial charge >= 0.3 is 6.18 Å². The van der Waals surface area contributed by atoms with Crippen LogP contribution >= 0.6 is 0 Å². The van der Waals surface area contributed by atoms with Crippen LogP contribution in [0.3, 0.4) is 0 Å². The highest BCUT2D eigenvalue weighted by Gasteiger charge is 2.46. The zero-order valence-corrected chi connectivity index (χ0v) is 37.7. The molecule has 7 N–H and O–H groups in total. The molecule has 0 bridgehead atoms. The number of piperidine rings is 1. The number of anilines is 2. The van der Waals surface area contributed by atoms with Crippen LogP contribution in [-0.4, -0.2) is 150 Å². The van der Waals surface area contributed by atoms with Gasteiger partial charge in [0.1, 0.15) is 30.4 Å². The number of carbonyl (C=O) groups excluding carboxylic acids is 8. The van der Waals surface area contributed by atoms with Crippen molar-refractivity contribution < 1.29 is 74.9 Å². The summed E-state index contributed by atoms with van der Waals surface area (Å²) in [5, 5.41) is 16.3. The Balaban J connectivity index is 0.741. The third kappa shape index (κ3) is 13.2. The standard InChI is InChI=1S/C45H44F3N11O13/c46-45(47,48)24-53-33-20-26(10-11-50-33)42-55-30(22-72-42)40(64)54-29-21-58(57-37(29)38(49)62)27-6-4-25(5-7-27)39(63)52-13-15-69-17-19-70-18-16-68-14-12-51-35(61)23-71-32-3-1-2-28-36(32)44(67)59(43(28)66)31-8-9-34(60)56-41(31)65/h1-7,10-11,20-22,31H,8-9,12-19,23-24H2,(H2,49,62)(H,50,53)(H,51,61)(H,52,63)(H,54,64)(H,56,60,65). The maximum Gasteiger partial charge on any atom is 0.405 e. The molecule has 27 heteroatoms. The minimum atomic E-state index is -4.47. The Kier molecular flexibility index (Phi) is 16.6. The Labute approximate surface area is 405 Å². The van der Waals surface area contributed by atoms with E-state index in [-0.39, 0.29) is 117 Å². The fourth-order valence-corrected chi connectivity index (χ4v) is 7.04. The van der Waals surface area contributed by atoms with E-state index in [1.165, 1.54) is 59.5 Å². The zero-order chi connectivity index (χ0) is 51.4. The second-order valence-electron chi connectivity index (χ2n) is 15.5. The molecule has 0 saturated carbocycles. The van der Waals surface area contributed by atoms with Gasteiger partial charge in [-0.15, -0.1) is 0 Å². The van der Waals surface area contributed by atoms with Gasteiger partial charge in [0.25, 0.3) is 35.4 Å². The fraction of sp³-hybridized carbons (Fsp3) is 0.311. The molecule has 0 aliphatic carbocycles. The van der Waals surface area contributed by atoms with Crippen LogP contribution < -0.4 is 37.1 Å². The number of hydrogen-bond donors (Lipinski definition) is 6. The van der Waals surface area contributed by atoms with Crippen molar-refractivity contribution in [1.82, 2.24) is 40.6 Å². The van der Waals surface area contributed by atoms with Crippen molar-refractivity contribution in [3.05, 3.63) is 101 Å². The van der Waals surface area contributed by atoms with Gasteiger partial charge in [0.2, 0.25) is 17.7 Å². The minimum absolute atomic E-state index is 0.000109. The molecule has 5 heterocycles. The Morgan fingerprint density at radius 2 is 1.58 bits per heavy atom. The van der Waals surface area contributed by atoms with Crippen molar-refractivity contribution in [3.63, 3.8) is 0 Å². The number of benzene rings is 2. The van der Waals surface area contributed by atoms with E-state index in [1.807, 2.05) is 0 Å². The molecule has 1 atom stereocenters. The fourth-order valence-electron chi connectivity index (χ4n) is 7.04. The number of imide groups is 2. The summed E-state index contributed by atoms with van der Waals surface area (Å²) >= 11 is 0. The predicted molar refractivity (Wildman–Crippen MR) is 241 cm³/mol. The van der Waals surface area contributed by atoms with Crippen molar-refractivity contribution >= 4 is 58.8 Å². The van der Waals surface area contributed by atoms with Crippen LogP contribution in [0.2, 0.25) is 0 Å². The number of primary amides is 1. The van der Waals surface area contributed by atoms with E-state index in [9.17, 15) is 51.5 Å². The number of nitrogens with zero attached hydrogens (tertiary/aromatic N) is 5. The van der Waals surface area contributed by atoms with Gasteiger partial charge in [0.05, 0.1) is 68.3 Å². The molecular weight excluding hydrogens is 960 g/mol. The summed E-state index contributed by atoms with van der Waals surface area (Å²) in [7, 11) is 0. The first-order valence-corrected chi connectivity index (χ1v) is 21.9. The molecule has 1 fully saturated rings. The topological polar surface area (TPSA) is 320 Å². The molecule has 8 amide bonds. The molecule has 1 saturated heterocycles. The average Bonchev–Trinajstić information content (AvgIpc) is 4.09. The van der Waals surface area contributed by atoms with Crippen LogP contribution in [0, 0.1) is 0 Å². The lowest BCUT2D eigenvalue weighted by molar-refractivity contribution is -0.136. The number of ether oxygens (including phenoxy) is 4. The van der Waals surface area contributed by atoms with E-state index < -0.39 is 72.6 Å². The van der Waals surface area contributed by atoms with Crippen LogP contribution in [0.1, 0.15) is 64.9 Å². The van der Waals surface area contributed by atoms with Gasteiger partial charge in [-0.3, -0.25) is 48.6 Å². The van der Waals surface area contributed by atoms with E-state index in [1.54, 1.807) is 12.1 Å². The molecule has 0 spiro atoms. The Morgan fingerprint density at radius 1 is 0.875 bits per heavy atom. The number of fused-ring (bicyclic) bond motifs is 1. The quantitative estimate of drug-likeness (QED) is 0.0378. The van der Waals surface area contributed by atoms with Crippen molar-refractivity contribution in [2.75, 3.05) is 76.5 Å². The highest BCUT2D eigenvalue weighted by Crippen LogP contribution is 2.34. The second-order valence-corrected chi connectivity index (χ2v) is 15.5. The second kappa shape index (κ2) is 23.4. The summed E-state index contributed by atoms with van der Waals surface area (Å²) in [5.74, 6) is -5.53. The highest BCUT2D eigenvalue weighted by molar-refractivity contribution is 6.24. The lowest BCUT2D eigenvalue weighted by atomic mass is 10.0. The summed E-state index contributed by atoms with van der Waals surface area (Å²) in [5.41, 5.74) is 5.84. The molecule has 0 radical (unpaired) electrons. The maximum atomic E-state index is 13.2. The van der Waals surface area contributed by atoms with E-state index in [4.69, 9.17) is 29.1 Å². The monoisotopic (exact) mass is 1000 g/mol. The van der Waals surface area contributed by atoms with Crippen molar-refractivity contribution in [2.45, 2.75) is 25.1 Å². The Morgan fingerprint density at radius 3 is 2.28 bits per heavy atom. The third-order valence-corrected chi connectivity index (χ3v) is 10.4. The molecule has 2 aliphatic heterocycles. The van der Waals surface area contributed by atoms with Crippen LogP contribution in [0.15, 0.2) is 77.7 Å². The van der Waals surface area contributed by atoms with E-state index in [0.717, 1.165) is 11.2 Å². The number of hydrogen-bond acceptors (Lipinski definition) is 17. The summed E-state index contributed by atoms with van der Waals surface area (Å²) in [4.78, 5) is 109. The number of pyridine rings is 1. The first-order chi connectivity index (χ1) is 34.6. The number of rotatable bonds is 24. The van der Waals surface area contributed by atoms with Crippen molar-refractivity contribution in [1.29, 1.82) is 0 Å². The molecular formula is C45H44F3N11O13. The van der Waals surface area contributed by atoms with Crippen LogP contribution in [0.4, 0.5) is 24.7 Å². The van der Waals surface area contributed by atoms with Gasteiger partial charge in [-0.05, 0) is 55.0 Å². The predicted octanol–water partition coefficient (Wildman–Crippen LogP) is 1.62. The molecule has 5 aromatic rings. The highest BCUT2D eigenvalue weighted by atomic mass is 19.4. The minimum Gasteiger partial charge on any atom is -0.483 e. The molecule has 2 aromatic carbocycles. The van der Waals surface area contributed by atoms with Gasteiger partial charge in [0.15, 0.2) is 18.0 Å². The molecule has 378 valence electrons. The summed E-state index contributed by atoms with van der Waals surface area (Å²) in [6.07, 6.45) is -0.908. The van der Waals surface area contributed by atoms with Gasteiger partial charge in [-0.25, -0.2) is 14.6 Å². The number of halogens is 3. The summed E-state index contributed by atoms with van der Waals surface area (Å²) in [6, 6.07) is 12.0. The van der Waals surface area contributed by atoms with Crippen LogP contribution in [-0.2, 0) is 28.6 Å². The Hall–Kier alpha value is -8.56. The van der Waals surface area contributed by atoms with E-state index >= 15 is 0 Å². The number of nitrogens with one attached hydrogen (secondary N) is 5. The number of oxazole rings is 1. The SMILES string of the molecule is NC(=O)c1nn(-c2ccc(C(=O)NCCOCCOCCOCCNC(=O)COc3cccc4c3C(=O)N(C3CCC(=O)NC3=O)C4=O)cc2)cc1NC(=O)c1coc(-c2ccnc(NCC(F)(F)F)c2)n1. The number of amides is 8. The smallest absolute Gasteiger partial charge is 0.405 e. The lowest BCUT2D eigenvalue weighted by Crippen LogP contribution is -2.54. The number of aromatic nitrogens is 4. The third-order valence-electron chi connectivity index (χ3n) is 10.4. The van der Waals surface area contributed by atoms with E-state index in [0.29, 0.717) is 11.3 Å². The molecule has 72 heavy (non-hydrogen) atoms. The average molecular weight is 1000 g/mol.